The van der Waals surface area contributed by atoms with Gasteiger partial charge in [-0.15, -0.1) is 0 Å². The van der Waals surface area contributed by atoms with Gasteiger partial charge in [0, 0.05) is 19.0 Å². The predicted octanol–water partition coefficient (Wildman–Crippen LogP) is -3.83. The molecule has 0 bridgehead atoms. The molecule has 0 unspecified atom stereocenters. The zero-order valence-electron chi connectivity index (χ0n) is 5.85. The summed E-state index contributed by atoms with van der Waals surface area (Å²) in [6.45, 7) is 2.64. The SMILES string of the molecule is CCOCCC(=O)[O-].[Na+]. The Bertz CT molecular complexity index is 74.6. The molecule has 4 heteroatoms. The average Bonchev–Trinajstić information content (AvgIpc) is 1.66. The summed E-state index contributed by atoms with van der Waals surface area (Å²) < 4.78 is 4.72. The van der Waals surface area contributed by atoms with Crippen molar-refractivity contribution in [1.29, 1.82) is 0 Å². The summed E-state index contributed by atoms with van der Waals surface area (Å²) in [6.07, 6.45) is -0.00611. The monoisotopic (exact) mass is 140 g/mol. The molecule has 0 aromatic carbocycles. The van der Waals surface area contributed by atoms with Gasteiger partial charge in [0.15, 0.2) is 0 Å². The van der Waals surface area contributed by atoms with Crippen molar-refractivity contribution < 1.29 is 44.2 Å². The fraction of sp³-hybridized carbons (Fsp3) is 0.800. The van der Waals surface area contributed by atoms with E-state index in [1.807, 2.05) is 6.92 Å². The van der Waals surface area contributed by atoms with Crippen LogP contribution in [0, 0.1) is 0 Å². The summed E-state index contributed by atoms with van der Waals surface area (Å²) in [6, 6.07) is 0. The smallest absolute Gasteiger partial charge is 0.550 e. The van der Waals surface area contributed by atoms with E-state index < -0.39 is 5.97 Å². The molecule has 0 radical (unpaired) electrons. The van der Waals surface area contributed by atoms with E-state index in [2.05, 4.69) is 0 Å². The van der Waals surface area contributed by atoms with Crippen LogP contribution in [-0.4, -0.2) is 19.2 Å². The average molecular weight is 140 g/mol. The van der Waals surface area contributed by atoms with Crippen LogP contribution < -0.4 is 34.7 Å². The van der Waals surface area contributed by atoms with Crippen LogP contribution in [-0.2, 0) is 9.53 Å². The second-order valence-corrected chi connectivity index (χ2v) is 1.32. The molecule has 48 valence electrons. The fourth-order valence-corrected chi connectivity index (χ4v) is 0.300. The number of aliphatic carboxylic acids is 1. The molecule has 0 spiro atoms. The van der Waals surface area contributed by atoms with E-state index in [4.69, 9.17) is 4.74 Å². The van der Waals surface area contributed by atoms with Gasteiger partial charge in [-0.05, 0) is 6.92 Å². The number of carbonyl (C=O) groups excluding carboxylic acids is 1. The molecule has 0 aliphatic rings. The maximum Gasteiger partial charge on any atom is 1.00 e. The van der Waals surface area contributed by atoms with Gasteiger partial charge in [-0.3, -0.25) is 0 Å². The van der Waals surface area contributed by atoms with E-state index in [0.29, 0.717) is 6.61 Å². The van der Waals surface area contributed by atoms with Crippen LogP contribution in [0.15, 0.2) is 0 Å². The van der Waals surface area contributed by atoms with Crippen molar-refractivity contribution in [2.45, 2.75) is 13.3 Å². The van der Waals surface area contributed by atoms with Gasteiger partial charge in [0.2, 0.25) is 0 Å². The number of carbonyl (C=O) groups is 1. The molecule has 0 aromatic rings. The first kappa shape index (κ1) is 12.1. The quantitative estimate of drug-likeness (QED) is 0.297. The van der Waals surface area contributed by atoms with Crippen LogP contribution in [0.4, 0.5) is 0 Å². The minimum absolute atomic E-state index is 0. The maximum atomic E-state index is 9.68. The molecular formula is C5H9NaO3. The van der Waals surface area contributed by atoms with E-state index in [1.54, 1.807) is 0 Å². The Morgan fingerprint density at radius 2 is 2.22 bits per heavy atom. The zero-order valence-corrected chi connectivity index (χ0v) is 7.85. The number of carboxylic acids is 1. The van der Waals surface area contributed by atoms with Crippen molar-refractivity contribution in [3.05, 3.63) is 0 Å². The van der Waals surface area contributed by atoms with Crippen LogP contribution >= 0.6 is 0 Å². The second-order valence-electron chi connectivity index (χ2n) is 1.32. The topological polar surface area (TPSA) is 49.4 Å². The third-order valence-corrected chi connectivity index (χ3v) is 0.655. The van der Waals surface area contributed by atoms with Gasteiger partial charge >= 0.3 is 29.6 Å². The first-order valence-corrected chi connectivity index (χ1v) is 2.55. The van der Waals surface area contributed by atoms with Crippen molar-refractivity contribution in [2.24, 2.45) is 0 Å². The molecule has 0 rings (SSSR count). The molecular weight excluding hydrogens is 131 g/mol. The first-order valence-electron chi connectivity index (χ1n) is 2.55. The molecule has 0 N–H and O–H groups in total. The van der Waals surface area contributed by atoms with Crippen LogP contribution in [0.5, 0.6) is 0 Å². The van der Waals surface area contributed by atoms with E-state index in [1.165, 1.54) is 0 Å². The Morgan fingerprint density at radius 3 is 2.56 bits per heavy atom. The molecule has 0 atom stereocenters. The van der Waals surface area contributed by atoms with Crippen LogP contribution in [0.25, 0.3) is 0 Å². The standard InChI is InChI=1S/C5H10O3.Na/c1-2-8-4-3-5(6)7;/h2-4H2,1H3,(H,6,7);/q;+1/p-1. The van der Waals surface area contributed by atoms with Crippen molar-refractivity contribution in [3.63, 3.8) is 0 Å². The van der Waals surface area contributed by atoms with E-state index in [-0.39, 0.29) is 42.6 Å². The van der Waals surface area contributed by atoms with Crippen LogP contribution in [0.2, 0.25) is 0 Å². The Balaban J connectivity index is 0. The summed E-state index contributed by atoms with van der Waals surface area (Å²) >= 11 is 0. The minimum atomic E-state index is -1.06. The fourth-order valence-electron chi connectivity index (χ4n) is 0.300. The van der Waals surface area contributed by atoms with Gasteiger partial charge in [-0.1, -0.05) is 0 Å². The number of carboxylic acid groups (broad SMARTS) is 1. The molecule has 3 nitrogen and oxygen atoms in total. The van der Waals surface area contributed by atoms with Crippen molar-refractivity contribution in [1.82, 2.24) is 0 Å². The van der Waals surface area contributed by atoms with Crippen LogP contribution in [0.1, 0.15) is 13.3 Å². The normalized spacial score (nSPS) is 8.11. The summed E-state index contributed by atoms with van der Waals surface area (Å²) in [5, 5.41) is 9.68. The molecule has 0 aliphatic heterocycles. The number of hydrogen-bond donors (Lipinski definition) is 0. The largest absolute Gasteiger partial charge is 1.00 e. The zero-order chi connectivity index (χ0) is 6.41. The minimum Gasteiger partial charge on any atom is -0.550 e. The summed E-state index contributed by atoms with van der Waals surface area (Å²) in [5.74, 6) is -1.06. The van der Waals surface area contributed by atoms with Gasteiger partial charge < -0.3 is 14.6 Å². The second kappa shape index (κ2) is 8.43. The van der Waals surface area contributed by atoms with Gasteiger partial charge in [0.05, 0.1) is 6.61 Å². The maximum absolute atomic E-state index is 9.68. The third-order valence-electron chi connectivity index (χ3n) is 0.655. The molecule has 0 saturated carbocycles. The molecule has 0 aliphatic carbocycles. The van der Waals surface area contributed by atoms with Gasteiger partial charge in [-0.2, -0.15) is 0 Å². The number of hydrogen-bond acceptors (Lipinski definition) is 3. The summed E-state index contributed by atoms with van der Waals surface area (Å²) in [7, 11) is 0. The van der Waals surface area contributed by atoms with E-state index in [9.17, 15) is 9.90 Å². The Hall–Kier alpha value is 0.430. The molecule has 9 heavy (non-hydrogen) atoms. The van der Waals surface area contributed by atoms with Gasteiger partial charge in [-0.25, -0.2) is 0 Å². The first-order chi connectivity index (χ1) is 3.77. The molecule has 0 saturated heterocycles. The predicted molar refractivity (Wildman–Crippen MR) is 26.1 cm³/mol. The summed E-state index contributed by atoms with van der Waals surface area (Å²) in [4.78, 5) is 9.68. The Kier molecular flexibility index (Phi) is 11.4. The van der Waals surface area contributed by atoms with Crippen molar-refractivity contribution >= 4 is 5.97 Å². The summed E-state index contributed by atoms with van der Waals surface area (Å²) in [5.41, 5.74) is 0. The molecule has 0 amide bonds. The Labute approximate surface area is 76.7 Å². The van der Waals surface area contributed by atoms with Crippen molar-refractivity contribution in [3.8, 4) is 0 Å². The van der Waals surface area contributed by atoms with Crippen molar-refractivity contribution in [2.75, 3.05) is 13.2 Å². The molecule has 0 fully saturated rings. The third kappa shape index (κ3) is 11.8. The van der Waals surface area contributed by atoms with Gasteiger partial charge in [0.1, 0.15) is 0 Å². The molecule has 0 heterocycles. The van der Waals surface area contributed by atoms with Crippen LogP contribution in [0.3, 0.4) is 0 Å². The van der Waals surface area contributed by atoms with E-state index in [0.717, 1.165) is 0 Å². The molecule has 0 aromatic heterocycles. The number of ether oxygens (including phenoxy) is 1. The number of rotatable bonds is 4. The Morgan fingerprint density at radius 1 is 1.67 bits per heavy atom. The van der Waals surface area contributed by atoms with Gasteiger partial charge in [0.25, 0.3) is 0 Å². The van der Waals surface area contributed by atoms with E-state index >= 15 is 0 Å².